The number of ether oxygens (including phenoxy) is 1. The maximum absolute atomic E-state index is 5.61. The highest BCUT2D eigenvalue weighted by molar-refractivity contribution is 5.79. The van der Waals surface area contributed by atoms with Crippen molar-refractivity contribution in [1.29, 1.82) is 0 Å². The number of aliphatic imine (C=N–C) groups is 1. The first-order valence-corrected chi connectivity index (χ1v) is 8.98. The first-order valence-electron chi connectivity index (χ1n) is 8.98. The lowest BCUT2D eigenvalue weighted by Gasteiger charge is -2.36. The Morgan fingerprint density at radius 2 is 1.91 bits per heavy atom. The van der Waals surface area contributed by atoms with E-state index in [-0.39, 0.29) is 5.41 Å². The van der Waals surface area contributed by atoms with Crippen LogP contribution in [0, 0.1) is 5.92 Å². The molecule has 4 heteroatoms. The molecule has 4 nitrogen and oxygen atoms in total. The molecule has 0 radical (unpaired) electrons. The predicted molar refractivity (Wildman–Crippen MR) is 94.9 cm³/mol. The van der Waals surface area contributed by atoms with E-state index < -0.39 is 0 Å². The summed E-state index contributed by atoms with van der Waals surface area (Å²) in [7, 11) is 0. The summed E-state index contributed by atoms with van der Waals surface area (Å²) in [5.74, 6) is 1.81. The number of hydrogen-bond donors (Lipinski definition) is 2. The van der Waals surface area contributed by atoms with Gasteiger partial charge in [-0.3, -0.25) is 4.99 Å². The van der Waals surface area contributed by atoms with Gasteiger partial charge in [0.1, 0.15) is 0 Å². The van der Waals surface area contributed by atoms with Crippen molar-refractivity contribution in [1.82, 2.24) is 10.6 Å². The maximum Gasteiger partial charge on any atom is 0.191 e. The minimum atomic E-state index is 0.113. The van der Waals surface area contributed by atoms with E-state index >= 15 is 0 Å². The summed E-state index contributed by atoms with van der Waals surface area (Å²) in [6.45, 7) is 6.55. The van der Waals surface area contributed by atoms with Gasteiger partial charge in [0.15, 0.2) is 5.96 Å². The molecule has 1 aromatic carbocycles. The van der Waals surface area contributed by atoms with Gasteiger partial charge in [0.25, 0.3) is 0 Å². The summed E-state index contributed by atoms with van der Waals surface area (Å²) in [5, 5.41) is 6.88. The molecule has 3 rings (SSSR count). The number of benzene rings is 1. The van der Waals surface area contributed by atoms with E-state index in [1.54, 1.807) is 0 Å². The molecule has 2 N–H and O–H groups in total. The molecule has 0 aromatic heterocycles. The largest absolute Gasteiger partial charge is 0.381 e. The molecule has 1 aromatic rings. The highest BCUT2D eigenvalue weighted by Gasteiger charge is 2.34. The fourth-order valence-corrected chi connectivity index (χ4v) is 3.23. The minimum Gasteiger partial charge on any atom is -0.381 e. The predicted octanol–water partition coefficient (Wildman–Crippen LogP) is 2.70. The topological polar surface area (TPSA) is 45.7 Å². The summed E-state index contributed by atoms with van der Waals surface area (Å²) >= 11 is 0. The molecule has 2 aliphatic rings. The van der Waals surface area contributed by atoms with Crippen molar-refractivity contribution in [3.8, 4) is 0 Å². The van der Waals surface area contributed by atoms with Gasteiger partial charge in [0, 0.05) is 31.7 Å². The van der Waals surface area contributed by atoms with Crippen LogP contribution >= 0.6 is 0 Å². The first-order chi connectivity index (χ1) is 11.3. The second-order valence-electron chi connectivity index (χ2n) is 6.78. The lowest BCUT2D eigenvalue weighted by atomic mass is 9.74. The quantitative estimate of drug-likeness (QED) is 0.627. The van der Waals surface area contributed by atoms with Crippen molar-refractivity contribution in [3.05, 3.63) is 35.9 Å². The Morgan fingerprint density at radius 1 is 1.17 bits per heavy atom. The lowest BCUT2D eigenvalue weighted by molar-refractivity contribution is 0.0531. The molecule has 126 valence electrons. The highest BCUT2D eigenvalue weighted by Crippen LogP contribution is 2.35. The molecule has 1 aliphatic heterocycles. The molecule has 0 spiro atoms. The van der Waals surface area contributed by atoms with E-state index in [1.807, 2.05) is 0 Å². The van der Waals surface area contributed by atoms with Gasteiger partial charge >= 0.3 is 0 Å². The lowest BCUT2D eigenvalue weighted by Crippen LogP contribution is -2.41. The van der Waals surface area contributed by atoms with Crippen LogP contribution in [0.5, 0.6) is 0 Å². The third-order valence-electron chi connectivity index (χ3n) is 4.98. The second kappa shape index (κ2) is 7.82. The maximum atomic E-state index is 5.61. The minimum absolute atomic E-state index is 0.113. The van der Waals surface area contributed by atoms with Crippen molar-refractivity contribution >= 4 is 5.96 Å². The normalized spacial score (nSPS) is 21.0. The average Bonchev–Trinajstić information content (AvgIpc) is 3.43. The second-order valence-corrected chi connectivity index (χ2v) is 6.78. The Kier molecular flexibility index (Phi) is 5.55. The van der Waals surface area contributed by atoms with Crippen LogP contribution in [0.4, 0.5) is 0 Å². The molecular formula is C19H29N3O. The van der Waals surface area contributed by atoms with Crippen molar-refractivity contribution in [2.24, 2.45) is 10.9 Å². The Hall–Kier alpha value is -1.55. The Bertz CT molecular complexity index is 505. The first kappa shape index (κ1) is 16.3. The van der Waals surface area contributed by atoms with E-state index in [2.05, 4.69) is 47.9 Å². The zero-order valence-corrected chi connectivity index (χ0v) is 14.2. The molecule has 2 fully saturated rings. The molecule has 0 bridgehead atoms. The van der Waals surface area contributed by atoms with Gasteiger partial charge < -0.3 is 15.4 Å². The number of nitrogens with one attached hydrogen (secondary N) is 2. The van der Waals surface area contributed by atoms with Crippen LogP contribution in [-0.2, 0) is 10.2 Å². The summed E-state index contributed by atoms with van der Waals surface area (Å²) in [6.07, 6.45) is 4.81. The summed E-state index contributed by atoms with van der Waals surface area (Å²) < 4.78 is 5.61. The number of hydrogen-bond acceptors (Lipinski definition) is 2. The van der Waals surface area contributed by atoms with Crippen LogP contribution < -0.4 is 10.6 Å². The van der Waals surface area contributed by atoms with Crippen molar-refractivity contribution < 1.29 is 4.74 Å². The third kappa shape index (κ3) is 4.47. The van der Waals surface area contributed by atoms with Crippen LogP contribution in [0.2, 0.25) is 0 Å². The van der Waals surface area contributed by atoms with Gasteiger partial charge in [-0.1, -0.05) is 30.3 Å². The summed E-state index contributed by atoms with van der Waals surface area (Å²) in [4.78, 5) is 4.92. The van der Waals surface area contributed by atoms with Crippen LogP contribution in [0.1, 0.15) is 38.2 Å². The Balaban J connectivity index is 1.72. The van der Waals surface area contributed by atoms with Crippen molar-refractivity contribution in [2.75, 3.05) is 32.8 Å². The van der Waals surface area contributed by atoms with Gasteiger partial charge in [-0.25, -0.2) is 0 Å². The van der Waals surface area contributed by atoms with E-state index in [9.17, 15) is 0 Å². The van der Waals surface area contributed by atoms with Crippen LogP contribution in [0.15, 0.2) is 35.3 Å². The zero-order valence-electron chi connectivity index (χ0n) is 14.2. The smallest absolute Gasteiger partial charge is 0.191 e. The van der Waals surface area contributed by atoms with E-state index in [4.69, 9.17) is 9.73 Å². The average molecular weight is 315 g/mol. The van der Waals surface area contributed by atoms with E-state index in [0.29, 0.717) is 0 Å². The Morgan fingerprint density at radius 3 is 2.57 bits per heavy atom. The van der Waals surface area contributed by atoms with Gasteiger partial charge in [0.05, 0.1) is 6.54 Å². The molecule has 0 amide bonds. The molecule has 1 saturated carbocycles. The van der Waals surface area contributed by atoms with Crippen LogP contribution in [0.3, 0.4) is 0 Å². The molecular weight excluding hydrogens is 286 g/mol. The standard InChI is InChI=1S/C19H29N3O/c1-2-20-18(21-14-16-8-9-16)22-15-19(10-12-23-13-11-19)17-6-4-3-5-7-17/h3-7,16H,2,8-15H2,1H3,(H2,20,21,22). The fourth-order valence-electron chi connectivity index (χ4n) is 3.23. The van der Waals surface area contributed by atoms with Gasteiger partial charge in [0.2, 0.25) is 0 Å². The van der Waals surface area contributed by atoms with Crippen LogP contribution in [-0.4, -0.2) is 38.8 Å². The molecule has 0 atom stereocenters. The molecule has 1 aliphatic carbocycles. The summed E-state index contributed by atoms with van der Waals surface area (Å²) in [6, 6.07) is 10.8. The highest BCUT2D eigenvalue weighted by atomic mass is 16.5. The van der Waals surface area contributed by atoms with Crippen molar-refractivity contribution in [3.63, 3.8) is 0 Å². The number of rotatable bonds is 6. The van der Waals surface area contributed by atoms with Crippen LogP contribution in [0.25, 0.3) is 0 Å². The van der Waals surface area contributed by atoms with Gasteiger partial charge in [-0.15, -0.1) is 0 Å². The van der Waals surface area contributed by atoms with E-state index in [0.717, 1.165) is 57.6 Å². The zero-order chi connectivity index (χ0) is 16.0. The van der Waals surface area contributed by atoms with Gasteiger partial charge in [-0.05, 0) is 44.1 Å². The van der Waals surface area contributed by atoms with E-state index in [1.165, 1.54) is 18.4 Å². The SMILES string of the molecule is CCNC(=NCC1(c2ccccc2)CCOCC1)NCC1CC1. The van der Waals surface area contributed by atoms with Gasteiger partial charge in [-0.2, -0.15) is 0 Å². The summed E-state index contributed by atoms with van der Waals surface area (Å²) in [5.41, 5.74) is 1.51. The molecule has 1 heterocycles. The Labute approximate surface area is 139 Å². The molecule has 23 heavy (non-hydrogen) atoms. The monoisotopic (exact) mass is 315 g/mol. The molecule has 1 saturated heterocycles. The number of guanidine groups is 1. The number of nitrogens with zero attached hydrogens (tertiary/aromatic N) is 1. The van der Waals surface area contributed by atoms with Crippen molar-refractivity contribution in [2.45, 2.75) is 38.0 Å². The molecule has 0 unspecified atom stereocenters. The fraction of sp³-hybridized carbons (Fsp3) is 0.632. The third-order valence-corrected chi connectivity index (χ3v) is 4.98.